The van der Waals surface area contributed by atoms with Gasteiger partial charge < -0.3 is 0 Å². The predicted molar refractivity (Wildman–Crippen MR) is 95.3 cm³/mol. The van der Waals surface area contributed by atoms with Crippen LogP contribution in [0.3, 0.4) is 0 Å². The van der Waals surface area contributed by atoms with Gasteiger partial charge in [0.25, 0.3) is 0 Å². The van der Waals surface area contributed by atoms with Crippen molar-refractivity contribution in [2.24, 2.45) is 0 Å². The van der Waals surface area contributed by atoms with Crippen LogP contribution in [0.15, 0.2) is 53.9 Å². The van der Waals surface area contributed by atoms with E-state index in [1.165, 1.54) is 11.8 Å². The maximum absolute atomic E-state index is 11.7. The van der Waals surface area contributed by atoms with E-state index in [4.69, 9.17) is 0 Å². The zero-order chi connectivity index (χ0) is 17.1. The van der Waals surface area contributed by atoms with Gasteiger partial charge >= 0.3 is 0 Å². The molecular formula is C18H18N4OS. The summed E-state index contributed by atoms with van der Waals surface area (Å²) in [5, 5.41) is 9.23. The number of hydrogen-bond acceptors (Lipinski definition) is 5. The van der Waals surface area contributed by atoms with Crippen molar-refractivity contribution in [3.05, 3.63) is 54.4 Å². The normalized spacial score (nSPS) is 12.1. The Labute approximate surface area is 145 Å². The molecule has 0 spiro atoms. The van der Waals surface area contributed by atoms with E-state index in [1.54, 1.807) is 19.3 Å². The second kappa shape index (κ2) is 6.97. The van der Waals surface area contributed by atoms with Crippen molar-refractivity contribution in [2.75, 3.05) is 0 Å². The Morgan fingerprint density at radius 1 is 1.12 bits per heavy atom. The Morgan fingerprint density at radius 2 is 1.83 bits per heavy atom. The summed E-state index contributed by atoms with van der Waals surface area (Å²) in [6, 6.07) is 11.9. The number of hydrogen-bond donors (Lipinski definition) is 0. The third-order valence-corrected chi connectivity index (χ3v) is 4.94. The Bertz CT molecular complexity index is 860. The van der Waals surface area contributed by atoms with Crippen LogP contribution >= 0.6 is 11.8 Å². The molecule has 0 aliphatic heterocycles. The van der Waals surface area contributed by atoms with Gasteiger partial charge in [-0.25, -0.2) is 0 Å². The maximum atomic E-state index is 11.7. The van der Waals surface area contributed by atoms with Gasteiger partial charge in [0.2, 0.25) is 0 Å². The first-order valence-electron chi connectivity index (χ1n) is 7.67. The third-order valence-electron chi connectivity index (χ3n) is 3.78. The van der Waals surface area contributed by atoms with E-state index >= 15 is 0 Å². The number of aryl methyl sites for hydroxylation is 1. The molecule has 0 aliphatic rings. The minimum atomic E-state index is -0.178. The number of rotatable bonds is 5. The molecule has 24 heavy (non-hydrogen) atoms. The van der Waals surface area contributed by atoms with Crippen molar-refractivity contribution in [1.29, 1.82) is 0 Å². The van der Waals surface area contributed by atoms with Crippen molar-refractivity contribution < 1.29 is 4.79 Å². The number of benzene rings is 1. The Kier molecular flexibility index (Phi) is 4.76. The first-order chi connectivity index (χ1) is 11.6. The lowest BCUT2D eigenvalue weighted by Gasteiger charge is -2.14. The van der Waals surface area contributed by atoms with Gasteiger partial charge in [0.05, 0.1) is 10.9 Å². The molecule has 2 aromatic heterocycles. The summed E-state index contributed by atoms with van der Waals surface area (Å²) < 4.78 is 2.01. The second-order valence-corrected chi connectivity index (χ2v) is 6.84. The first-order valence-corrected chi connectivity index (χ1v) is 8.55. The highest BCUT2D eigenvalue weighted by atomic mass is 32.2. The first kappa shape index (κ1) is 16.4. The Balaban J connectivity index is 2.16. The summed E-state index contributed by atoms with van der Waals surface area (Å²) >= 11 is 1.42. The van der Waals surface area contributed by atoms with Crippen molar-refractivity contribution in [3.8, 4) is 17.1 Å². The fraction of sp³-hybridized carbons (Fsp3) is 0.222. The van der Waals surface area contributed by atoms with Gasteiger partial charge in [-0.2, -0.15) is 0 Å². The molecule has 0 aliphatic carbocycles. The molecule has 1 aromatic carbocycles. The van der Waals surface area contributed by atoms with E-state index in [0.29, 0.717) is 5.16 Å². The SMILES string of the molecule is CC(=O)C(C)Sc1nnc(-c2ccncc2)n1-c1ccccc1C. The van der Waals surface area contributed by atoms with Gasteiger partial charge in [-0.15, -0.1) is 10.2 Å². The van der Waals surface area contributed by atoms with Gasteiger partial charge in [0.15, 0.2) is 11.0 Å². The van der Waals surface area contributed by atoms with Crippen LogP contribution in [0.5, 0.6) is 0 Å². The lowest BCUT2D eigenvalue weighted by atomic mass is 10.2. The molecule has 0 bridgehead atoms. The smallest absolute Gasteiger partial charge is 0.196 e. The summed E-state index contributed by atoms with van der Waals surface area (Å²) in [6.07, 6.45) is 3.47. The van der Waals surface area contributed by atoms with Gasteiger partial charge in [0.1, 0.15) is 5.78 Å². The number of nitrogens with zero attached hydrogens (tertiary/aromatic N) is 4. The second-order valence-electron chi connectivity index (χ2n) is 5.53. The average molecular weight is 338 g/mol. The topological polar surface area (TPSA) is 60.7 Å². The zero-order valence-electron chi connectivity index (χ0n) is 13.8. The number of carbonyl (C=O) groups excluding carboxylic acids is 1. The quantitative estimate of drug-likeness (QED) is 0.664. The summed E-state index contributed by atoms with van der Waals surface area (Å²) in [4.78, 5) is 15.7. The fourth-order valence-corrected chi connectivity index (χ4v) is 3.17. The molecule has 0 N–H and O–H groups in total. The number of para-hydroxylation sites is 1. The van der Waals surface area contributed by atoms with E-state index in [-0.39, 0.29) is 11.0 Å². The van der Waals surface area contributed by atoms with Crippen LogP contribution in [0.2, 0.25) is 0 Å². The molecule has 0 amide bonds. The highest BCUT2D eigenvalue weighted by Crippen LogP contribution is 2.31. The molecule has 0 radical (unpaired) electrons. The monoisotopic (exact) mass is 338 g/mol. The van der Waals surface area contributed by atoms with Crippen LogP contribution in [0.25, 0.3) is 17.1 Å². The molecule has 0 fully saturated rings. The standard InChI is InChI=1S/C18H18N4OS/c1-12-6-4-5-7-16(12)22-17(15-8-10-19-11-9-15)20-21-18(22)24-14(3)13(2)23/h4-11,14H,1-3H3. The highest BCUT2D eigenvalue weighted by Gasteiger charge is 2.20. The van der Waals surface area contributed by atoms with E-state index in [9.17, 15) is 4.79 Å². The van der Waals surface area contributed by atoms with Crippen molar-refractivity contribution in [2.45, 2.75) is 31.2 Å². The van der Waals surface area contributed by atoms with E-state index in [1.807, 2.05) is 41.8 Å². The minimum Gasteiger partial charge on any atom is -0.299 e. The molecular weight excluding hydrogens is 320 g/mol. The molecule has 3 aromatic rings. The Morgan fingerprint density at radius 3 is 2.50 bits per heavy atom. The molecule has 122 valence electrons. The van der Waals surface area contributed by atoms with Crippen LogP contribution in [0.4, 0.5) is 0 Å². The van der Waals surface area contributed by atoms with E-state index in [2.05, 4.69) is 28.2 Å². The van der Waals surface area contributed by atoms with Crippen LogP contribution in [0, 0.1) is 6.92 Å². The zero-order valence-corrected chi connectivity index (χ0v) is 14.6. The van der Waals surface area contributed by atoms with Gasteiger partial charge in [-0.1, -0.05) is 30.0 Å². The number of Topliss-reactive ketones (excluding diaryl/α,β-unsaturated/α-hetero) is 1. The predicted octanol–water partition coefficient (Wildman–Crippen LogP) is 3.71. The number of pyridine rings is 1. The van der Waals surface area contributed by atoms with Gasteiger partial charge in [-0.05, 0) is 44.5 Å². The lowest BCUT2D eigenvalue weighted by molar-refractivity contribution is -0.116. The fourth-order valence-electron chi connectivity index (χ4n) is 2.31. The molecule has 5 nitrogen and oxygen atoms in total. The number of carbonyl (C=O) groups is 1. The molecule has 1 unspecified atom stereocenters. The molecule has 3 rings (SSSR count). The van der Waals surface area contributed by atoms with E-state index < -0.39 is 0 Å². The molecule has 0 saturated carbocycles. The van der Waals surface area contributed by atoms with Gasteiger partial charge in [0, 0.05) is 18.0 Å². The average Bonchev–Trinajstić information content (AvgIpc) is 2.99. The number of thioether (sulfide) groups is 1. The van der Waals surface area contributed by atoms with Crippen molar-refractivity contribution >= 4 is 17.5 Å². The largest absolute Gasteiger partial charge is 0.299 e. The van der Waals surface area contributed by atoms with Crippen LogP contribution < -0.4 is 0 Å². The van der Waals surface area contributed by atoms with Crippen LogP contribution in [-0.4, -0.2) is 30.8 Å². The number of aromatic nitrogens is 4. The minimum absolute atomic E-state index is 0.116. The molecule has 1 atom stereocenters. The number of ketones is 1. The van der Waals surface area contributed by atoms with Crippen molar-refractivity contribution in [3.63, 3.8) is 0 Å². The summed E-state index contributed by atoms with van der Waals surface area (Å²) in [5.74, 6) is 0.856. The van der Waals surface area contributed by atoms with Crippen LogP contribution in [-0.2, 0) is 4.79 Å². The third kappa shape index (κ3) is 3.23. The van der Waals surface area contributed by atoms with Crippen molar-refractivity contribution in [1.82, 2.24) is 19.7 Å². The molecule has 0 saturated heterocycles. The maximum Gasteiger partial charge on any atom is 0.196 e. The van der Waals surface area contributed by atoms with Gasteiger partial charge in [-0.3, -0.25) is 14.3 Å². The van der Waals surface area contributed by atoms with Crippen LogP contribution in [0.1, 0.15) is 19.4 Å². The summed E-state index contributed by atoms with van der Waals surface area (Å²) in [6.45, 7) is 5.53. The highest BCUT2D eigenvalue weighted by molar-refractivity contribution is 8.00. The molecule has 2 heterocycles. The summed E-state index contributed by atoms with van der Waals surface area (Å²) in [5.41, 5.74) is 3.06. The lowest BCUT2D eigenvalue weighted by Crippen LogP contribution is -2.10. The molecule has 6 heteroatoms. The summed E-state index contributed by atoms with van der Waals surface area (Å²) in [7, 11) is 0. The Hall–Kier alpha value is -2.47. The van der Waals surface area contributed by atoms with E-state index in [0.717, 1.165) is 22.6 Å².